The molecule has 0 aromatic carbocycles. The number of hydrogen-bond donors (Lipinski definition) is 0. The van der Waals surface area contributed by atoms with Crippen molar-refractivity contribution in [2.75, 3.05) is 39.2 Å². The number of hydrogen-bond acceptors (Lipinski definition) is 2. The predicted octanol–water partition coefficient (Wildman–Crippen LogP) is 1.21. The maximum Gasteiger partial charge on any atom is 0.116 e. The Kier molecular flexibility index (Phi) is 3.44. The lowest BCUT2D eigenvalue weighted by Gasteiger charge is -2.33. The highest BCUT2D eigenvalue weighted by Crippen LogP contribution is 2.19. The summed E-state index contributed by atoms with van der Waals surface area (Å²) in [5.41, 5.74) is 0. The lowest BCUT2D eigenvalue weighted by Crippen LogP contribution is -2.46. The van der Waals surface area contributed by atoms with Crippen LogP contribution in [0.1, 0.15) is 6.92 Å². The average molecular weight is 190 g/mol. The Morgan fingerprint density at radius 2 is 2.00 bits per heavy atom. The maximum absolute atomic E-state index is 5.83. The first-order chi connectivity index (χ1) is 5.47. The standard InChI is InChI=1S/C9H20NOS/c1-8-6-12-7-9(11-8)5-10(2,3)4/h8-9H,5-7H2,1-4H3/q+1/t8-,9+/m0/s1. The van der Waals surface area contributed by atoms with Crippen LogP contribution in [0.4, 0.5) is 0 Å². The summed E-state index contributed by atoms with van der Waals surface area (Å²) >= 11 is 2.02. The van der Waals surface area contributed by atoms with Crippen molar-refractivity contribution >= 4 is 11.8 Å². The van der Waals surface area contributed by atoms with Gasteiger partial charge in [-0.2, -0.15) is 11.8 Å². The lowest BCUT2D eigenvalue weighted by atomic mass is 10.3. The van der Waals surface area contributed by atoms with Crippen LogP contribution >= 0.6 is 11.8 Å². The average Bonchev–Trinajstić information content (AvgIpc) is 1.82. The third-order valence-electron chi connectivity index (χ3n) is 1.83. The number of nitrogens with zero attached hydrogens (tertiary/aromatic N) is 1. The highest BCUT2D eigenvalue weighted by molar-refractivity contribution is 7.99. The minimum absolute atomic E-state index is 0.445. The molecule has 1 heterocycles. The van der Waals surface area contributed by atoms with Gasteiger partial charge in [0.1, 0.15) is 12.6 Å². The molecule has 0 unspecified atom stereocenters. The molecule has 1 rings (SSSR count). The number of rotatable bonds is 2. The molecule has 1 fully saturated rings. The van der Waals surface area contributed by atoms with Gasteiger partial charge in [0.25, 0.3) is 0 Å². The summed E-state index contributed by atoms with van der Waals surface area (Å²) in [6.07, 6.45) is 0.902. The van der Waals surface area contributed by atoms with Crippen molar-refractivity contribution in [1.82, 2.24) is 0 Å². The van der Waals surface area contributed by atoms with E-state index in [2.05, 4.69) is 28.1 Å². The summed E-state index contributed by atoms with van der Waals surface area (Å²) in [5, 5.41) is 0. The molecule has 0 N–H and O–H groups in total. The normalized spacial score (nSPS) is 32.0. The molecular formula is C9H20NOS+. The zero-order chi connectivity index (χ0) is 9.19. The first-order valence-electron chi connectivity index (χ1n) is 4.51. The first kappa shape index (κ1) is 10.4. The highest BCUT2D eigenvalue weighted by atomic mass is 32.2. The van der Waals surface area contributed by atoms with Gasteiger partial charge in [0, 0.05) is 11.5 Å². The summed E-state index contributed by atoms with van der Waals surface area (Å²) in [4.78, 5) is 0. The van der Waals surface area contributed by atoms with Crippen LogP contribution in [-0.4, -0.2) is 55.9 Å². The summed E-state index contributed by atoms with van der Waals surface area (Å²) < 4.78 is 6.82. The Morgan fingerprint density at radius 3 is 2.50 bits per heavy atom. The van der Waals surface area contributed by atoms with Crippen molar-refractivity contribution in [3.05, 3.63) is 0 Å². The van der Waals surface area contributed by atoms with Gasteiger partial charge in [0.15, 0.2) is 0 Å². The molecule has 0 spiro atoms. The van der Waals surface area contributed by atoms with Crippen LogP contribution < -0.4 is 0 Å². The molecule has 0 saturated carbocycles. The molecule has 12 heavy (non-hydrogen) atoms. The van der Waals surface area contributed by atoms with Gasteiger partial charge in [-0.25, -0.2) is 0 Å². The summed E-state index contributed by atoms with van der Waals surface area (Å²) in [6.45, 7) is 3.28. The van der Waals surface area contributed by atoms with E-state index in [9.17, 15) is 0 Å². The van der Waals surface area contributed by atoms with Crippen molar-refractivity contribution in [2.24, 2.45) is 0 Å². The summed E-state index contributed by atoms with van der Waals surface area (Å²) in [7, 11) is 6.65. The Bertz CT molecular complexity index is 144. The number of quaternary nitrogens is 1. The first-order valence-corrected chi connectivity index (χ1v) is 5.66. The zero-order valence-corrected chi connectivity index (χ0v) is 9.36. The van der Waals surface area contributed by atoms with Crippen LogP contribution in [0.15, 0.2) is 0 Å². The minimum atomic E-state index is 0.445. The van der Waals surface area contributed by atoms with E-state index >= 15 is 0 Å². The Hall–Kier alpha value is 0.270. The van der Waals surface area contributed by atoms with Crippen molar-refractivity contribution in [3.8, 4) is 0 Å². The Labute approximate surface area is 79.9 Å². The minimum Gasteiger partial charge on any atom is -0.368 e. The number of likely N-dealkylation sites (N-methyl/N-ethyl adjacent to an activating group) is 1. The smallest absolute Gasteiger partial charge is 0.116 e. The second-order valence-corrected chi connectivity index (χ2v) is 5.65. The second-order valence-electron chi connectivity index (χ2n) is 4.58. The molecule has 0 aliphatic carbocycles. The summed E-state index contributed by atoms with van der Waals surface area (Å²) in [5.74, 6) is 2.33. The Morgan fingerprint density at radius 1 is 1.33 bits per heavy atom. The van der Waals surface area contributed by atoms with E-state index in [1.807, 2.05) is 11.8 Å². The van der Waals surface area contributed by atoms with E-state index in [4.69, 9.17) is 4.74 Å². The number of ether oxygens (including phenoxy) is 1. The third kappa shape index (κ3) is 3.78. The molecule has 1 aliphatic heterocycles. The largest absolute Gasteiger partial charge is 0.368 e. The van der Waals surface area contributed by atoms with Crippen molar-refractivity contribution in [2.45, 2.75) is 19.1 Å². The van der Waals surface area contributed by atoms with Gasteiger partial charge in [-0.1, -0.05) is 0 Å². The van der Waals surface area contributed by atoms with Gasteiger partial charge >= 0.3 is 0 Å². The molecule has 1 aliphatic rings. The van der Waals surface area contributed by atoms with Crippen LogP contribution in [0, 0.1) is 0 Å². The van der Waals surface area contributed by atoms with E-state index < -0.39 is 0 Å². The van der Waals surface area contributed by atoms with Crippen LogP contribution in [0.5, 0.6) is 0 Å². The van der Waals surface area contributed by atoms with Crippen LogP contribution in [0.3, 0.4) is 0 Å². The Balaban J connectivity index is 2.32. The van der Waals surface area contributed by atoms with Crippen LogP contribution in [-0.2, 0) is 4.74 Å². The third-order valence-corrected chi connectivity index (χ3v) is 3.15. The predicted molar refractivity (Wildman–Crippen MR) is 54.6 cm³/mol. The fraction of sp³-hybridized carbons (Fsp3) is 1.00. The molecule has 72 valence electrons. The highest BCUT2D eigenvalue weighted by Gasteiger charge is 2.24. The summed E-state index contributed by atoms with van der Waals surface area (Å²) in [6, 6.07) is 0. The van der Waals surface area contributed by atoms with E-state index in [1.165, 1.54) is 5.75 Å². The van der Waals surface area contributed by atoms with E-state index in [1.54, 1.807) is 0 Å². The van der Waals surface area contributed by atoms with Gasteiger partial charge in [-0.05, 0) is 6.92 Å². The second kappa shape index (κ2) is 3.99. The quantitative estimate of drug-likeness (QED) is 0.605. The molecule has 0 aromatic heterocycles. The molecule has 2 nitrogen and oxygen atoms in total. The van der Waals surface area contributed by atoms with Crippen LogP contribution in [0.2, 0.25) is 0 Å². The lowest BCUT2D eigenvalue weighted by molar-refractivity contribution is -0.873. The van der Waals surface area contributed by atoms with Gasteiger partial charge in [0.2, 0.25) is 0 Å². The molecule has 2 atom stereocenters. The topological polar surface area (TPSA) is 9.23 Å². The van der Waals surface area contributed by atoms with Gasteiger partial charge in [-0.3, -0.25) is 0 Å². The van der Waals surface area contributed by atoms with E-state index in [0.717, 1.165) is 16.8 Å². The molecular weight excluding hydrogens is 170 g/mol. The maximum atomic E-state index is 5.83. The van der Waals surface area contributed by atoms with Crippen molar-refractivity contribution in [3.63, 3.8) is 0 Å². The van der Waals surface area contributed by atoms with E-state index in [0.29, 0.717) is 12.2 Å². The molecule has 0 aromatic rings. The van der Waals surface area contributed by atoms with Gasteiger partial charge in [-0.15, -0.1) is 0 Å². The molecule has 0 amide bonds. The zero-order valence-electron chi connectivity index (χ0n) is 8.54. The van der Waals surface area contributed by atoms with Crippen LogP contribution in [0.25, 0.3) is 0 Å². The fourth-order valence-corrected chi connectivity index (χ4v) is 2.47. The van der Waals surface area contributed by atoms with Gasteiger partial charge < -0.3 is 9.22 Å². The van der Waals surface area contributed by atoms with E-state index in [-0.39, 0.29) is 0 Å². The van der Waals surface area contributed by atoms with Crippen molar-refractivity contribution < 1.29 is 9.22 Å². The SMILES string of the molecule is C[C@H]1CSC[C@@H](C[N+](C)(C)C)O1. The van der Waals surface area contributed by atoms with Crippen molar-refractivity contribution in [1.29, 1.82) is 0 Å². The fourth-order valence-electron chi connectivity index (χ4n) is 1.48. The molecule has 0 radical (unpaired) electrons. The molecule has 0 bridgehead atoms. The van der Waals surface area contributed by atoms with Gasteiger partial charge in [0.05, 0.1) is 27.2 Å². The molecule has 1 saturated heterocycles. The number of thioether (sulfide) groups is 1. The molecule has 3 heteroatoms. The monoisotopic (exact) mass is 190 g/mol.